The number of alkyl halides is 3. The van der Waals surface area contributed by atoms with Crippen LogP contribution in [0.5, 0.6) is 0 Å². The molecular weight excluding hydrogens is 217 g/mol. The lowest BCUT2D eigenvalue weighted by Crippen LogP contribution is -2.06. The third-order valence-corrected chi connectivity index (χ3v) is 4.15. The summed E-state index contributed by atoms with van der Waals surface area (Å²) in [6, 6.07) is 4.33. The highest BCUT2D eigenvalue weighted by molar-refractivity contribution is 8.18. The molecule has 0 fully saturated rings. The molecule has 0 bridgehead atoms. The van der Waals surface area contributed by atoms with Crippen LogP contribution in [-0.2, 0) is 6.18 Å². The third-order valence-electron chi connectivity index (χ3n) is 1.70. The Hall–Kier alpha value is -0.290. The van der Waals surface area contributed by atoms with Gasteiger partial charge in [0, 0.05) is 14.9 Å². The second-order valence-corrected chi connectivity index (χ2v) is 4.91. The molecule has 0 spiro atoms. The van der Waals surface area contributed by atoms with E-state index >= 15 is 0 Å². The topological polar surface area (TPSA) is 0 Å². The summed E-state index contributed by atoms with van der Waals surface area (Å²) in [6.45, 7) is 0. The van der Waals surface area contributed by atoms with Crippen molar-refractivity contribution in [3.05, 3.63) is 23.8 Å². The van der Waals surface area contributed by atoms with Crippen molar-refractivity contribution in [3.8, 4) is 0 Å². The quantitative estimate of drug-likeness (QED) is 0.653. The van der Waals surface area contributed by atoms with Gasteiger partial charge in [-0.25, -0.2) is 0 Å². The van der Waals surface area contributed by atoms with Crippen LogP contribution in [0.15, 0.2) is 28.0 Å². The summed E-state index contributed by atoms with van der Waals surface area (Å²) in [6.07, 6.45) is -4.22. The first-order valence-electron chi connectivity index (χ1n) is 3.55. The first-order valence-corrected chi connectivity index (χ1v) is 5.52. The molecule has 0 amide bonds. The molecule has 1 aromatic rings. The van der Waals surface area contributed by atoms with Crippen LogP contribution in [0.1, 0.15) is 5.56 Å². The molecule has 1 heterocycles. The minimum absolute atomic E-state index is 0.389. The summed E-state index contributed by atoms with van der Waals surface area (Å²) < 4.78 is 37.3. The first kappa shape index (κ1) is 9.27. The second-order valence-electron chi connectivity index (χ2n) is 2.54. The minimum Gasteiger partial charge on any atom is -0.166 e. The fourth-order valence-corrected chi connectivity index (χ4v) is 3.69. The molecular formula is C8H5F3S2. The zero-order valence-corrected chi connectivity index (χ0v) is 8.02. The fraction of sp³-hybridized carbons (Fsp3) is 0.250. The average molecular weight is 222 g/mol. The van der Waals surface area contributed by atoms with E-state index in [1.165, 1.54) is 29.6 Å². The van der Waals surface area contributed by atoms with Crippen LogP contribution in [0.3, 0.4) is 0 Å². The lowest BCUT2D eigenvalue weighted by Gasteiger charge is -2.09. The Morgan fingerprint density at radius 3 is 2.62 bits per heavy atom. The van der Waals surface area contributed by atoms with Gasteiger partial charge in [-0.05, 0) is 12.1 Å². The number of rotatable bonds is 0. The van der Waals surface area contributed by atoms with E-state index in [-0.39, 0.29) is 0 Å². The van der Waals surface area contributed by atoms with Crippen molar-refractivity contribution in [2.24, 2.45) is 0 Å². The van der Waals surface area contributed by atoms with Crippen LogP contribution < -0.4 is 0 Å². The molecule has 0 N–H and O–H groups in total. The smallest absolute Gasteiger partial charge is 0.166 e. The molecule has 0 atom stereocenters. The summed E-state index contributed by atoms with van der Waals surface area (Å²) in [5, 5.41) is 0.683. The number of thioether (sulfide) groups is 2. The Morgan fingerprint density at radius 1 is 1.15 bits per heavy atom. The Bertz CT molecular complexity index is 333. The lowest BCUT2D eigenvalue weighted by atomic mass is 10.2. The monoisotopic (exact) mass is 222 g/mol. The van der Waals surface area contributed by atoms with E-state index < -0.39 is 11.7 Å². The number of hydrogen-bond donors (Lipinski definition) is 0. The van der Waals surface area contributed by atoms with Crippen LogP contribution in [-0.4, -0.2) is 5.08 Å². The summed E-state index contributed by atoms with van der Waals surface area (Å²) in [5.74, 6) is 0. The number of benzene rings is 1. The maximum Gasteiger partial charge on any atom is 0.417 e. The molecule has 2 rings (SSSR count). The Labute approximate surface area is 81.9 Å². The van der Waals surface area contributed by atoms with Crippen molar-refractivity contribution < 1.29 is 13.2 Å². The maximum absolute atomic E-state index is 12.4. The molecule has 70 valence electrons. The first-order chi connectivity index (χ1) is 6.09. The molecule has 0 saturated heterocycles. The standard InChI is InChI=1S/C8H5F3S2/c9-8(10,11)5-2-1-3-6-7(5)13-4-12-6/h1-3H,4H2. The van der Waals surface area contributed by atoms with Crippen molar-refractivity contribution >= 4 is 23.5 Å². The van der Waals surface area contributed by atoms with Gasteiger partial charge >= 0.3 is 6.18 Å². The number of halogens is 3. The van der Waals surface area contributed by atoms with Crippen molar-refractivity contribution in [1.29, 1.82) is 0 Å². The van der Waals surface area contributed by atoms with Gasteiger partial charge in [0.25, 0.3) is 0 Å². The van der Waals surface area contributed by atoms with E-state index in [1.807, 2.05) is 0 Å². The normalized spacial score (nSPS) is 15.9. The van der Waals surface area contributed by atoms with E-state index in [1.54, 1.807) is 6.07 Å². The Balaban J connectivity index is 2.54. The van der Waals surface area contributed by atoms with Gasteiger partial charge in [-0.15, -0.1) is 23.5 Å². The lowest BCUT2D eigenvalue weighted by molar-refractivity contribution is -0.140. The van der Waals surface area contributed by atoms with Gasteiger partial charge in [0.15, 0.2) is 0 Å². The molecule has 13 heavy (non-hydrogen) atoms. The van der Waals surface area contributed by atoms with Gasteiger partial charge in [-0.3, -0.25) is 0 Å². The summed E-state index contributed by atoms with van der Waals surface area (Å²) >= 11 is 2.73. The van der Waals surface area contributed by atoms with Crippen LogP contribution in [0.2, 0.25) is 0 Å². The summed E-state index contributed by atoms with van der Waals surface area (Å²) in [5.41, 5.74) is -0.500. The molecule has 0 unspecified atom stereocenters. The zero-order chi connectivity index (χ0) is 9.47. The third kappa shape index (κ3) is 1.67. The number of fused-ring (bicyclic) bond motifs is 1. The molecule has 1 aliphatic heterocycles. The Kier molecular flexibility index (Phi) is 2.23. The highest BCUT2D eigenvalue weighted by atomic mass is 32.2. The maximum atomic E-state index is 12.4. The van der Waals surface area contributed by atoms with Crippen LogP contribution >= 0.6 is 23.5 Å². The molecule has 0 nitrogen and oxygen atoms in total. The van der Waals surface area contributed by atoms with Gasteiger partial charge in [0.05, 0.1) is 5.56 Å². The molecule has 5 heteroatoms. The van der Waals surface area contributed by atoms with Crippen LogP contribution in [0, 0.1) is 0 Å². The molecule has 1 aliphatic rings. The van der Waals surface area contributed by atoms with Crippen LogP contribution in [0.4, 0.5) is 13.2 Å². The van der Waals surface area contributed by atoms with E-state index in [2.05, 4.69) is 0 Å². The van der Waals surface area contributed by atoms with E-state index in [4.69, 9.17) is 0 Å². The predicted molar refractivity (Wildman–Crippen MR) is 48.0 cm³/mol. The Morgan fingerprint density at radius 2 is 1.92 bits per heavy atom. The fourth-order valence-electron chi connectivity index (χ4n) is 1.15. The predicted octanol–water partition coefficient (Wildman–Crippen LogP) is 3.86. The molecule has 0 aromatic heterocycles. The molecule has 0 radical (unpaired) electrons. The highest BCUT2D eigenvalue weighted by Gasteiger charge is 2.35. The van der Waals surface area contributed by atoms with Gasteiger partial charge < -0.3 is 0 Å². The van der Waals surface area contributed by atoms with Crippen molar-refractivity contribution in [2.75, 3.05) is 5.08 Å². The minimum atomic E-state index is -4.22. The SMILES string of the molecule is FC(F)(F)c1cccc2c1SCS2. The highest BCUT2D eigenvalue weighted by Crippen LogP contribution is 2.47. The average Bonchev–Trinajstić information content (AvgIpc) is 2.48. The number of hydrogen-bond acceptors (Lipinski definition) is 2. The van der Waals surface area contributed by atoms with Gasteiger partial charge in [-0.2, -0.15) is 13.2 Å². The van der Waals surface area contributed by atoms with E-state index in [0.29, 0.717) is 9.98 Å². The molecule has 0 aliphatic carbocycles. The molecule has 0 saturated carbocycles. The van der Waals surface area contributed by atoms with E-state index in [0.717, 1.165) is 11.0 Å². The van der Waals surface area contributed by atoms with Gasteiger partial charge in [-0.1, -0.05) is 6.07 Å². The second kappa shape index (κ2) is 3.13. The van der Waals surface area contributed by atoms with Gasteiger partial charge in [0.2, 0.25) is 0 Å². The van der Waals surface area contributed by atoms with Crippen molar-refractivity contribution in [3.63, 3.8) is 0 Å². The van der Waals surface area contributed by atoms with Gasteiger partial charge in [0.1, 0.15) is 0 Å². The zero-order valence-electron chi connectivity index (χ0n) is 6.39. The summed E-state index contributed by atoms with van der Waals surface area (Å²) in [7, 11) is 0. The summed E-state index contributed by atoms with van der Waals surface area (Å²) in [4.78, 5) is 1.14. The molecule has 1 aromatic carbocycles. The van der Waals surface area contributed by atoms with Crippen molar-refractivity contribution in [1.82, 2.24) is 0 Å². The van der Waals surface area contributed by atoms with E-state index in [9.17, 15) is 13.2 Å². The van der Waals surface area contributed by atoms with Crippen molar-refractivity contribution in [2.45, 2.75) is 16.0 Å². The largest absolute Gasteiger partial charge is 0.417 e. The van der Waals surface area contributed by atoms with Crippen LogP contribution in [0.25, 0.3) is 0 Å².